The molecule has 1 atom stereocenters. The first-order valence-corrected chi connectivity index (χ1v) is 7.69. The van der Waals surface area contributed by atoms with Gasteiger partial charge >= 0.3 is 0 Å². The Morgan fingerprint density at radius 2 is 2.10 bits per heavy atom. The lowest BCUT2D eigenvalue weighted by molar-refractivity contribution is -0.137. The van der Waals surface area contributed by atoms with E-state index < -0.39 is 6.10 Å². The molecule has 1 aliphatic heterocycles. The largest absolute Gasteiger partial charge is 0.393 e. The van der Waals surface area contributed by atoms with Crippen molar-refractivity contribution in [1.29, 1.82) is 0 Å². The van der Waals surface area contributed by atoms with E-state index in [0.717, 1.165) is 0 Å². The number of carbonyl (C=O) groups is 3. The Morgan fingerprint density at radius 3 is 2.75 bits per heavy atom. The van der Waals surface area contributed by atoms with Gasteiger partial charge in [0, 0.05) is 26.7 Å². The Balaban J connectivity index is 2.09. The van der Waals surface area contributed by atoms with E-state index in [1.807, 2.05) is 0 Å². The number of likely N-dealkylation sites (tertiary alicyclic amines) is 1. The second kappa shape index (κ2) is 8.80. The van der Waals surface area contributed by atoms with Crippen LogP contribution in [0.1, 0.15) is 12.8 Å². The van der Waals surface area contributed by atoms with Crippen molar-refractivity contribution in [3.8, 4) is 0 Å². The number of piperidine rings is 1. The monoisotopic (exact) mass is 303 g/mol. The molecule has 0 spiro atoms. The minimum Gasteiger partial charge on any atom is -0.393 e. The first kappa shape index (κ1) is 16.8. The van der Waals surface area contributed by atoms with Crippen molar-refractivity contribution in [3.63, 3.8) is 0 Å². The molecule has 8 heteroatoms. The highest BCUT2D eigenvalue weighted by molar-refractivity contribution is 8.00. The van der Waals surface area contributed by atoms with Crippen LogP contribution in [0.5, 0.6) is 0 Å². The van der Waals surface area contributed by atoms with Gasteiger partial charge in [-0.3, -0.25) is 14.4 Å². The number of nitrogens with one attached hydrogen (secondary N) is 2. The molecule has 1 saturated heterocycles. The second-order valence-corrected chi connectivity index (χ2v) is 5.53. The van der Waals surface area contributed by atoms with Gasteiger partial charge in [0.05, 0.1) is 24.0 Å². The van der Waals surface area contributed by atoms with Crippen LogP contribution in [0.3, 0.4) is 0 Å². The molecule has 0 radical (unpaired) electrons. The molecule has 0 bridgehead atoms. The zero-order valence-electron chi connectivity index (χ0n) is 11.6. The third kappa shape index (κ3) is 6.25. The van der Waals surface area contributed by atoms with Crippen LogP contribution in [0.25, 0.3) is 0 Å². The van der Waals surface area contributed by atoms with Crippen molar-refractivity contribution in [3.05, 3.63) is 0 Å². The van der Waals surface area contributed by atoms with Crippen molar-refractivity contribution >= 4 is 29.5 Å². The van der Waals surface area contributed by atoms with Crippen LogP contribution < -0.4 is 10.6 Å². The SMILES string of the molecule is CNC(=O)CSCC(=O)NCCN1CC[C@H](O)CC1=O. The fourth-order valence-corrected chi connectivity index (χ4v) is 2.51. The summed E-state index contributed by atoms with van der Waals surface area (Å²) in [7, 11) is 1.55. The van der Waals surface area contributed by atoms with Crippen molar-refractivity contribution in [1.82, 2.24) is 15.5 Å². The minimum atomic E-state index is -0.533. The third-order valence-electron chi connectivity index (χ3n) is 2.94. The Hall–Kier alpha value is -1.28. The quantitative estimate of drug-likeness (QED) is 0.535. The highest BCUT2D eigenvalue weighted by atomic mass is 32.2. The van der Waals surface area contributed by atoms with E-state index in [-0.39, 0.29) is 35.6 Å². The third-order valence-corrected chi connectivity index (χ3v) is 3.88. The van der Waals surface area contributed by atoms with Crippen molar-refractivity contribution < 1.29 is 19.5 Å². The van der Waals surface area contributed by atoms with Gasteiger partial charge in [-0.05, 0) is 6.42 Å². The molecule has 0 unspecified atom stereocenters. The van der Waals surface area contributed by atoms with Crippen molar-refractivity contribution in [2.24, 2.45) is 0 Å². The Morgan fingerprint density at radius 1 is 1.40 bits per heavy atom. The molecule has 0 aromatic rings. The summed E-state index contributed by atoms with van der Waals surface area (Å²) in [5, 5.41) is 14.5. The number of rotatable bonds is 7. The van der Waals surface area contributed by atoms with Crippen LogP contribution in [-0.4, -0.2) is 72.0 Å². The van der Waals surface area contributed by atoms with Gasteiger partial charge in [0.15, 0.2) is 0 Å². The highest BCUT2D eigenvalue weighted by Crippen LogP contribution is 2.10. The van der Waals surface area contributed by atoms with Gasteiger partial charge < -0.3 is 20.6 Å². The van der Waals surface area contributed by atoms with Gasteiger partial charge in [0.1, 0.15) is 0 Å². The van der Waals surface area contributed by atoms with E-state index in [0.29, 0.717) is 26.1 Å². The van der Waals surface area contributed by atoms with Gasteiger partial charge in [0.25, 0.3) is 0 Å². The molecule has 3 N–H and O–H groups in total. The summed E-state index contributed by atoms with van der Waals surface area (Å²) in [6.45, 7) is 1.37. The second-order valence-electron chi connectivity index (χ2n) is 4.54. The molecule has 0 aromatic carbocycles. The topological polar surface area (TPSA) is 98.7 Å². The Kier molecular flexibility index (Phi) is 7.38. The van der Waals surface area contributed by atoms with Crippen LogP contribution >= 0.6 is 11.8 Å². The fourth-order valence-electron chi connectivity index (χ4n) is 1.79. The van der Waals surface area contributed by atoms with Gasteiger partial charge in [-0.15, -0.1) is 11.8 Å². The number of thioether (sulfide) groups is 1. The van der Waals surface area contributed by atoms with Crippen LogP contribution in [0.15, 0.2) is 0 Å². The molecule has 0 saturated carbocycles. The van der Waals surface area contributed by atoms with Crippen LogP contribution in [0.4, 0.5) is 0 Å². The number of amides is 3. The van der Waals surface area contributed by atoms with E-state index in [4.69, 9.17) is 0 Å². The van der Waals surface area contributed by atoms with E-state index in [2.05, 4.69) is 10.6 Å². The van der Waals surface area contributed by atoms with Crippen molar-refractivity contribution in [2.75, 3.05) is 38.2 Å². The number of hydrogen-bond donors (Lipinski definition) is 3. The molecule has 0 aliphatic carbocycles. The molecule has 1 aliphatic rings. The van der Waals surface area contributed by atoms with Crippen molar-refractivity contribution in [2.45, 2.75) is 18.9 Å². The molecule has 1 heterocycles. The maximum Gasteiger partial charge on any atom is 0.230 e. The zero-order chi connectivity index (χ0) is 15.0. The lowest BCUT2D eigenvalue weighted by atomic mass is 10.1. The average Bonchev–Trinajstić information content (AvgIpc) is 2.41. The summed E-state index contributed by atoms with van der Waals surface area (Å²) in [6, 6.07) is 0. The lowest BCUT2D eigenvalue weighted by Gasteiger charge is -2.29. The van der Waals surface area contributed by atoms with Gasteiger partial charge in [0.2, 0.25) is 17.7 Å². The Labute approximate surface area is 122 Å². The molecular weight excluding hydrogens is 282 g/mol. The molecule has 20 heavy (non-hydrogen) atoms. The summed E-state index contributed by atoms with van der Waals surface area (Å²) in [5.74, 6) is 0.141. The predicted molar refractivity (Wildman–Crippen MR) is 76.2 cm³/mol. The first-order chi connectivity index (χ1) is 9.52. The maximum atomic E-state index is 11.6. The van der Waals surface area contributed by atoms with Gasteiger partial charge in [-0.2, -0.15) is 0 Å². The van der Waals surface area contributed by atoms with E-state index >= 15 is 0 Å². The fraction of sp³-hybridized carbons (Fsp3) is 0.750. The summed E-state index contributed by atoms with van der Waals surface area (Å²) in [6.07, 6.45) is 0.215. The maximum absolute atomic E-state index is 11.6. The molecule has 1 fully saturated rings. The normalized spacial score (nSPS) is 18.8. The van der Waals surface area contributed by atoms with Gasteiger partial charge in [-0.25, -0.2) is 0 Å². The van der Waals surface area contributed by atoms with Crippen LogP contribution in [0.2, 0.25) is 0 Å². The molecule has 114 valence electrons. The highest BCUT2D eigenvalue weighted by Gasteiger charge is 2.23. The zero-order valence-corrected chi connectivity index (χ0v) is 12.4. The van der Waals surface area contributed by atoms with E-state index in [1.54, 1.807) is 11.9 Å². The molecule has 7 nitrogen and oxygen atoms in total. The summed E-state index contributed by atoms with van der Waals surface area (Å²) < 4.78 is 0. The Bertz CT molecular complexity index is 365. The van der Waals surface area contributed by atoms with E-state index in [1.165, 1.54) is 11.8 Å². The number of nitrogens with zero attached hydrogens (tertiary/aromatic N) is 1. The minimum absolute atomic E-state index is 0.0769. The summed E-state index contributed by atoms with van der Waals surface area (Å²) >= 11 is 1.24. The standard InChI is InChI=1S/C12H21N3O4S/c1-13-10(17)7-20-8-11(18)14-3-5-15-4-2-9(16)6-12(15)19/h9,16H,2-8H2,1H3,(H,13,17)(H,14,18)/t9-/m0/s1. The smallest absolute Gasteiger partial charge is 0.230 e. The lowest BCUT2D eigenvalue weighted by Crippen LogP contribution is -2.44. The number of hydrogen-bond acceptors (Lipinski definition) is 5. The van der Waals surface area contributed by atoms with Crippen LogP contribution in [0, 0.1) is 0 Å². The summed E-state index contributed by atoms with van der Waals surface area (Å²) in [4.78, 5) is 35.6. The molecular formula is C12H21N3O4S. The van der Waals surface area contributed by atoms with E-state index in [9.17, 15) is 19.5 Å². The number of aliphatic hydroxyl groups is 1. The van der Waals surface area contributed by atoms with Crippen LogP contribution in [-0.2, 0) is 14.4 Å². The van der Waals surface area contributed by atoms with Gasteiger partial charge in [-0.1, -0.05) is 0 Å². The summed E-state index contributed by atoms with van der Waals surface area (Å²) in [5.41, 5.74) is 0. The molecule has 1 rings (SSSR count). The first-order valence-electron chi connectivity index (χ1n) is 6.53. The average molecular weight is 303 g/mol. The number of carbonyl (C=O) groups excluding carboxylic acids is 3. The predicted octanol–water partition coefficient (Wildman–Crippen LogP) is -1.43. The number of aliphatic hydroxyl groups excluding tert-OH is 1. The molecule has 3 amide bonds. The molecule has 0 aromatic heterocycles.